The van der Waals surface area contributed by atoms with Gasteiger partial charge >= 0.3 is 0 Å². The molecule has 0 atom stereocenters. The quantitative estimate of drug-likeness (QED) is 0.162. The van der Waals surface area contributed by atoms with Crippen molar-refractivity contribution in [1.82, 2.24) is 29.5 Å². The number of para-hydroxylation sites is 2. The maximum Gasteiger partial charge on any atom is 0.166 e. The summed E-state index contributed by atoms with van der Waals surface area (Å²) in [5, 5.41) is 3.29. The molecule has 0 amide bonds. The number of rotatable bonds is 7. The van der Waals surface area contributed by atoms with E-state index in [0.717, 1.165) is 71.9 Å². The molecule has 0 fully saturated rings. The van der Waals surface area contributed by atoms with Gasteiger partial charge in [0.1, 0.15) is 0 Å². The normalized spacial score (nSPS) is 11.4. The Labute approximate surface area is 340 Å². The van der Waals surface area contributed by atoms with Gasteiger partial charge in [0.2, 0.25) is 0 Å². The molecule has 11 aromatic rings. The van der Waals surface area contributed by atoms with Crippen molar-refractivity contribution in [1.29, 1.82) is 0 Å². The summed E-state index contributed by atoms with van der Waals surface area (Å²) in [4.78, 5) is 25.9. The van der Waals surface area contributed by atoms with Crippen LogP contribution in [0.5, 0.6) is 0 Å². The fraction of sp³-hybridized carbons (Fsp3) is 0. The minimum atomic E-state index is 0.558. The molecular weight excluding hydrogens is 721 g/mol. The lowest BCUT2D eigenvalue weighted by molar-refractivity contribution is 1.06. The zero-order valence-corrected chi connectivity index (χ0v) is 31.8. The molecule has 3 aromatic heterocycles. The molecule has 3 heterocycles. The summed E-state index contributed by atoms with van der Waals surface area (Å²) in [6, 6.07) is 71.0. The first-order chi connectivity index (χ1) is 29.2. The van der Waals surface area contributed by atoms with Gasteiger partial charge in [0.05, 0.1) is 27.9 Å². The van der Waals surface area contributed by atoms with E-state index in [4.69, 9.17) is 24.9 Å². The van der Waals surface area contributed by atoms with Crippen molar-refractivity contribution in [2.45, 2.75) is 0 Å². The highest BCUT2D eigenvalue weighted by Gasteiger charge is 2.22. The lowest BCUT2D eigenvalue weighted by Crippen LogP contribution is -2.04. The van der Waals surface area contributed by atoms with Crippen molar-refractivity contribution in [3.05, 3.63) is 206 Å². The second kappa shape index (κ2) is 14.4. The fourth-order valence-electron chi connectivity index (χ4n) is 8.04. The van der Waals surface area contributed by atoms with Gasteiger partial charge in [-0.25, -0.2) is 24.9 Å². The maximum absolute atomic E-state index is 5.28. The largest absolute Gasteiger partial charge is 0.309 e. The molecule has 8 aromatic carbocycles. The van der Waals surface area contributed by atoms with Gasteiger partial charge in [0, 0.05) is 44.0 Å². The summed E-state index contributed by atoms with van der Waals surface area (Å²) in [6.07, 6.45) is 0. The van der Waals surface area contributed by atoms with Crippen LogP contribution in [0.2, 0.25) is 0 Å². The molecule has 0 saturated carbocycles. The predicted octanol–water partition coefficient (Wildman–Crippen LogP) is 12.9. The SMILES string of the molecule is c1ccc(-c2ccc3c(c2)c2ccccc2n3-c2ccc(-c3nc(-c4ccccc4)nc4ccccc34)cc2-c2nc(-c3ccccc3)nc(-c3ccccc3)n2)cc1. The highest BCUT2D eigenvalue weighted by atomic mass is 15.1. The molecule has 0 spiro atoms. The van der Waals surface area contributed by atoms with Crippen LogP contribution in [0, 0.1) is 0 Å². The van der Waals surface area contributed by atoms with Crippen LogP contribution in [0.3, 0.4) is 0 Å². The van der Waals surface area contributed by atoms with E-state index < -0.39 is 0 Å². The van der Waals surface area contributed by atoms with E-state index in [1.165, 1.54) is 11.1 Å². The zero-order valence-electron chi connectivity index (χ0n) is 31.8. The summed E-state index contributed by atoms with van der Waals surface area (Å²) in [5.41, 5.74) is 11.7. The number of hydrogen-bond acceptors (Lipinski definition) is 5. The first-order valence-corrected chi connectivity index (χ1v) is 19.7. The van der Waals surface area contributed by atoms with Crippen LogP contribution in [0.15, 0.2) is 206 Å². The molecular formula is C53H34N6. The minimum absolute atomic E-state index is 0.558. The second-order valence-corrected chi connectivity index (χ2v) is 14.5. The molecule has 0 aliphatic heterocycles. The molecule has 0 radical (unpaired) electrons. The molecule has 0 bridgehead atoms. The third kappa shape index (κ3) is 6.20. The van der Waals surface area contributed by atoms with Crippen molar-refractivity contribution in [2.24, 2.45) is 0 Å². The van der Waals surface area contributed by atoms with Gasteiger partial charge in [-0.1, -0.05) is 170 Å². The summed E-state index contributed by atoms with van der Waals surface area (Å²) in [7, 11) is 0. The Bertz CT molecular complexity index is 3250. The molecule has 6 heteroatoms. The Morgan fingerprint density at radius 1 is 0.288 bits per heavy atom. The minimum Gasteiger partial charge on any atom is -0.309 e. The average molecular weight is 755 g/mol. The number of benzene rings is 8. The molecule has 0 saturated heterocycles. The Morgan fingerprint density at radius 2 is 0.780 bits per heavy atom. The lowest BCUT2D eigenvalue weighted by atomic mass is 10.0. The van der Waals surface area contributed by atoms with E-state index in [-0.39, 0.29) is 0 Å². The van der Waals surface area contributed by atoms with E-state index in [0.29, 0.717) is 23.3 Å². The van der Waals surface area contributed by atoms with Gasteiger partial charge in [-0.05, 0) is 47.5 Å². The van der Waals surface area contributed by atoms with Crippen molar-refractivity contribution in [3.8, 4) is 73.6 Å². The molecule has 6 nitrogen and oxygen atoms in total. The van der Waals surface area contributed by atoms with Gasteiger partial charge in [0.15, 0.2) is 23.3 Å². The molecule has 59 heavy (non-hydrogen) atoms. The topological polar surface area (TPSA) is 69.4 Å². The van der Waals surface area contributed by atoms with E-state index in [1.807, 2.05) is 97.1 Å². The molecule has 0 aliphatic carbocycles. The fourth-order valence-corrected chi connectivity index (χ4v) is 8.04. The third-order valence-corrected chi connectivity index (χ3v) is 10.9. The van der Waals surface area contributed by atoms with E-state index in [2.05, 4.69) is 114 Å². The van der Waals surface area contributed by atoms with Crippen LogP contribution in [0.1, 0.15) is 0 Å². The monoisotopic (exact) mass is 754 g/mol. The van der Waals surface area contributed by atoms with Gasteiger partial charge in [-0.2, -0.15) is 0 Å². The Hall–Kier alpha value is -8.09. The van der Waals surface area contributed by atoms with Crippen LogP contribution in [0.25, 0.3) is 106 Å². The molecule has 0 unspecified atom stereocenters. The number of nitrogens with zero attached hydrogens (tertiary/aromatic N) is 6. The van der Waals surface area contributed by atoms with Crippen molar-refractivity contribution >= 4 is 32.7 Å². The number of hydrogen-bond donors (Lipinski definition) is 0. The van der Waals surface area contributed by atoms with Crippen LogP contribution < -0.4 is 0 Å². The number of aromatic nitrogens is 6. The average Bonchev–Trinajstić information content (AvgIpc) is 3.65. The first-order valence-electron chi connectivity index (χ1n) is 19.7. The summed E-state index contributed by atoms with van der Waals surface area (Å²) >= 11 is 0. The van der Waals surface area contributed by atoms with Gasteiger partial charge < -0.3 is 4.57 Å². The van der Waals surface area contributed by atoms with E-state index >= 15 is 0 Å². The van der Waals surface area contributed by atoms with Crippen molar-refractivity contribution in [3.63, 3.8) is 0 Å². The number of fused-ring (bicyclic) bond motifs is 4. The second-order valence-electron chi connectivity index (χ2n) is 14.5. The van der Waals surface area contributed by atoms with Crippen LogP contribution >= 0.6 is 0 Å². The van der Waals surface area contributed by atoms with E-state index in [9.17, 15) is 0 Å². The highest BCUT2D eigenvalue weighted by molar-refractivity contribution is 6.11. The summed E-state index contributed by atoms with van der Waals surface area (Å²) < 4.78 is 2.35. The maximum atomic E-state index is 5.28. The van der Waals surface area contributed by atoms with Gasteiger partial charge in [-0.15, -0.1) is 0 Å². The van der Waals surface area contributed by atoms with Gasteiger partial charge in [0.25, 0.3) is 0 Å². The van der Waals surface area contributed by atoms with E-state index in [1.54, 1.807) is 0 Å². The smallest absolute Gasteiger partial charge is 0.166 e. The zero-order chi connectivity index (χ0) is 39.1. The molecule has 0 N–H and O–H groups in total. The highest BCUT2D eigenvalue weighted by Crippen LogP contribution is 2.40. The third-order valence-electron chi connectivity index (χ3n) is 10.9. The van der Waals surface area contributed by atoms with Crippen LogP contribution in [-0.2, 0) is 0 Å². The molecule has 276 valence electrons. The van der Waals surface area contributed by atoms with Crippen molar-refractivity contribution < 1.29 is 0 Å². The first kappa shape index (κ1) is 34.2. The Morgan fingerprint density at radius 3 is 1.42 bits per heavy atom. The van der Waals surface area contributed by atoms with Gasteiger partial charge in [-0.3, -0.25) is 0 Å². The molecule has 11 rings (SSSR count). The molecule has 0 aliphatic rings. The van der Waals surface area contributed by atoms with Crippen LogP contribution in [0.4, 0.5) is 0 Å². The standard InChI is InChI=1S/C53H34N6/c1-5-17-35(18-6-1)39-29-31-47-43(33-39)41-25-14-16-28-46(41)59(47)48-32-30-40(49-42-26-13-15-27-45(42)54-50(55-49)36-19-7-2-8-20-36)34-44(48)53-57-51(37-21-9-3-10-22-37)56-52(58-53)38-23-11-4-12-24-38/h1-34H. The summed E-state index contributed by atoms with van der Waals surface area (Å²) in [6.45, 7) is 0. The Balaban J connectivity index is 1.21. The van der Waals surface area contributed by atoms with Crippen molar-refractivity contribution in [2.75, 3.05) is 0 Å². The Kier molecular flexibility index (Phi) is 8.37. The summed E-state index contributed by atoms with van der Waals surface area (Å²) in [5.74, 6) is 2.42. The predicted molar refractivity (Wildman–Crippen MR) is 240 cm³/mol. The van der Waals surface area contributed by atoms with Crippen LogP contribution in [-0.4, -0.2) is 29.5 Å². The lowest BCUT2D eigenvalue weighted by Gasteiger charge is -2.17.